The topological polar surface area (TPSA) is 56.0 Å². The van der Waals surface area contributed by atoms with E-state index in [0.29, 0.717) is 5.82 Å². The Bertz CT molecular complexity index is 2800. The van der Waals surface area contributed by atoms with Crippen molar-refractivity contribution in [3.63, 3.8) is 0 Å². The molecule has 4 heterocycles. The number of aromatic nitrogens is 5. The van der Waals surface area contributed by atoms with E-state index in [1.807, 2.05) is 36.5 Å². The average Bonchev–Trinajstić information content (AvgIpc) is 3.59. The Hall–Kier alpha value is -6.72. The molecule has 5 nitrogen and oxygen atoms in total. The molecule has 51 heavy (non-hydrogen) atoms. The summed E-state index contributed by atoms with van der Waals surface area (Å²) in [5, 5.41) is 1.03. The molecule has 10 rings (SSSR count). The first-order chi connectivity index (χ1) is 25.3. The molecule has 240 valence electrons. The molecule has 0 spiro atoms. The number of imidazole rings is 1. The second kappa shape index (κ2) is 12.0. The van der Waals surface area contributed by atoms with E-state index in [0.717, 1.165) is 85.3 Å². The summed E-state index contributed by atoms with van der Waals surface area (Å²) in [7, 11) is 0. The van der Waals surface area contributed by atoms with Crippen LogP contribution in [0.2, 0.25) is 0 Å². The van der Waals surface area contributed by atoms with Crippen molar-refractivity contribution in [1.29, 1.82) is 0 Å². The van der Waals surface area contributed by atoms with E-state index >= 15 is 0 Å². The molecule has 0 amide bonds. The van der Waals surface area contributed by atoms with E-state index in [2.05, 4.69) is 132 Å². The lowest BCUT2D eigenvalue weighted by atomic mass is 9.91. The van der Waals surface area contributed by atoms with Crippen molar-refractivity contribution >= 4 is 33.8 Å². The van der Waals surface area contributed by atoms with Gasteiger partial charge < -0.3 is 0 Å². The molecule has 0 N–H and O–H groups in total. The molecule has 0 radical (unpaired) electrons. The Kier molecular flexibility index (Phi) is 6.88. The normalized spacial score (nSPS) is 12.5. The molecule has 5 aromatic carbocycles. The summed E-state index contributed by atoms with van der Waals surface area (Å²) in [6, 6.07) is 50.8. The van der Waals surface area contributed by atoms with Gasteiger partial charge in [0.15, 0.2) is 11.5 Å². The average molecular weight is 654 g/mol. The number of nitrogens with zero attached hydrogens (tertiary/aromatic N) is 5. The lowest BCUT2D eigenvalue weighted by Gasteiger charge is -2.16. The van der Waals surface area contributed by atoms with Crippen LogP contribution in [0.15, 0.2) is 158 Å². The van der Waals surface area contributed by atoms with Crippen LogP contribution in [0, 0.1) is 0 Å². The molecular formula is C46H31N5. The van der Waals surface area contributed by atoms with Gasteiger partial charge in [-0.3, -0.25) is 4.40 Å². The molecule has 4 aromatic heterocycles. The second-order valence-electron chi connectivity index (χ2n) is 13.0. The third-order valence-corrected chi connectivity index (χ3v) is 9.89. The number of fused-ring (bicyclic) bond motifs is 6. The van der Waals surface area contributed by atoms with Crippen LogP contribution in [0.4, 0.5) is 0 Å². The highest BCUT2D eigenvalue weighted by molar-refractivity contribution is 5.95. The van der Waals surface area contributed by atoms with E-state index in [1.165, 1.54) is 16.7 Å². The fraction of sp³-hybridized carbons (Fsp3) is 0.0435. The maximum atomic E-state index is 5.27. The fourth-order valence-electron chi connectivity index (χ4n) is 7.38. The van der Waals surface area contributed by atoms with Crippen molar-refractivity contribution in [2.75, 3.05) is 0 Å². The molecule has 1 aliphatic carbocycles. The number of hydrogen-bond donors (Lipinski definition) is 0. The molecule has 5 heteroatoms. The highest BCUT2D eigenvalue weighted by atomic mass is 15.1. The summed E-state index contributed by atoms with van der Waals surface area (Å²) in [5.74, 6) is 0.715. The maximum absolute atomic E-state index is 5.27. The van der Waals surface area contributed by atoms with E-state index in [4.69, 9.17) is 19.9 Å². The van der Waals surface area contributed by atoms with Gasteiger partial charge in [0, 0.05) is 33.8 Å². The van der Waals surface area contributed by atoms with E-state index in [9.17, 15) is 0 Å². The van der Waals surface area contributed by atoms with Crippen LogP contribution in [0.25, 0.3) is 89.9 Å². The Morgan fingerprint density at radius 3 is 2.04 bits per heavy atom. The van der Waals surface area contributed by atoms with E-state index in [1.54, 1.807) is 0 Å². The van der Waals surface area contributed by atoms with E-state index in [-0.39, 0.29) is 0 Å². The minimum Gasteiger partial charge on any atom is -0.284 e. The quantitative estimate of drug-likeness (QED) is 0.185. The predicted molar refractivity (Wildman–Crippen MR) is 208 cm³/mol. The minimum absolute atomic E-state index is 0.715. The summed E-state index contributed by atoms with van der Waals surface area (Å²) < 4.78 is 2.09. The van der Waals surface area contributed by atoms with Crippen molar-refractivity contribution in [2.45, 2.75) is 12.8 Å². The van der Waals surface area contributed by atoms with Gasteiger partial charge in [0.25, 0.3) is 0 Å². The van der Waals surface area contributed by atoms with E-state index < -0.39 is 0 Å². The summed E-state index contributed by atoms with van der Waals surface area (Å²) in [6.07, 6.45) is 8.47. The molecule has 0 bridgehead atoms. The third-order valence-electron chi connectivity index (χ3n) is 9.89. The first-order valence-corrected chi connectivity index (χ1v) is 17.4. The zero-order valence-corrected chi connectivity index (χ0v) is 27.7. The highest BCUT2D eigenvalue weighted by Crippen LogP contribution is 2.37. The lowest BCUT2D eigenvalue weighted by Crippen LogP contribution is -2.02. The number of para-hydroxylation sites is 1. The molecular weight excluding hydrogens is 623 g/mol. The van der Waals surface area contributed by atoms with Crippen molar-refractivity contribution in [3.05, 3.63) is 169 Å². The van der Waals surface area contributed by atoms with Crippen LogP contribution in [-0.4, -0.2) is 24.3 Å². The third kappa shape index (κ3) is 5.10. The van der Waals surface area contributed by atoms with Crippen LogP contribution < -0.4 is 0 Å². The van der Waals surface area contributed by atoms with Crippen molar-refractivity contribution in [3.8, 4) is 56.2 Å². The van der Waals surface area contributed by atoms with Gasteiger partial charge in [0.1, 0.15) is 11.2 Å². The number of hydrogen-bond acceptors (Lipinski definition) is 4. The van der Waals surface area contributed by atoms with Crippen molar-refractivity contribution < 1.29 is 0 Å². The predicted octanol–water partition coefficient (Wildman–Crippen LogP) is 11.1. The zero-order chi connectivity index (χ0) is 33.7. The largest absolute Gasteiger partial charge is 0.284 e. The maximum Gasteiger partial charge on any atom is 0.165 e. The first-order valence-electron chi connectivity index (χ1n) is 17.4. The molecule has 0 saturated carbocycles. The molecule has 0 aliphatic heterocycles. The summed E-state index contributed by atoms with van der Waals surface area (Å²) >= 11 is 0. The minimum atomic E-state index is 0.715. The number of pyridine rings is 2. The number of rotatable bonds is 5. The van der Waals surface area contributed by atoms with Gasteiger partial charge >= 0.3 is 0 Å². The number of benzene rings is 5. The molecule has 0 unspecified atom stereocenters. The van der Waals surface area contributed by atoms with Gasteiger partial charge in [-0.05, 0) is 71.0 Å². The van der Waals surface area contributed by atoms with Crippen LogP contribution in [0.1, 0.15) is 17.5 Å². The van der Waals surface area contributed by atoms with Crippen LogP contribution in [0.5, 0.6) is 0 Å². The van der Waals surface area contributed by atoms with Crippen LogP contribution in [-0.2, 0) is 6.42 Å². The second-order valence-corrected chi connectivity index (χ2v) is 13.0. The Labute approximate surface area is 295 Å². The Morgan fingerprint density at radius 2 is 1.18 bits per heavy atom. The van der Waals surface area contributed by atoms with Crippen molar-refractivity contribution in [1.82, 2.24) is 24.3 Å². The van der Waals surface area contributed by atoms with Gasteiger partial charge in [-0.2, -0.15) is 0 Å². The zero-order valence-electron chi connectivity index (χ0n) is 27.7. The van der Waals surface area contributed by atoms with Crippen molar-refractivity contribution in [2.24, 2.45) is 0 Å². The van der Waals surface area contributed by atoms with Gasteiger partial charge in [0.2, 0.25) is 0 Å². The monoisotopic (exact) mass is 653 g/mol. The van der Waals surface area contributed by atoms with Crippen LogP contribution in [0.3, 0.4) is 0 Å². The summed E-state index contributed by atoms with van der Waals surface area (Å²) in [6.45, 7) is 0. The number of allylic oxidation sites excluding steroid dienone is 1. The fourth-order valence-corrected chi connectivity index (χ4v) is 7.38. The summed E-state index contributed by atoms with van der Waals surface area (Å²) in [4.78, 5) is 20.4. The molecule has 0 saturated heterocycles. The Balaban J connectivity index is 1.04. The molecule has 0 fully saturated rings. The smallest absolute Gasteiger partial charge is 0.165 e. The summed E-state index contributed by atoms with van der Waals surface area (Å²) in [5.41, 5.74) is 15.8. The van der Waals surface area contributed by atoms with Gasteiger partial charge in [-0.15, -0.1) is 0 Å². The highest BCUT2D eigenvalue weighted by Gasteiger charge is 2.21. The van der Waals surface area contributed by atoms with Gasteiger partial charge in [-0.25, -0.2) is 19.9 Å². The SMILES string of the molecule is C1=Cc2c(c(-c3cccc(-c4ccc(-c5nc(-c6cccc(-c7ccccc7)c6)nc6ccccc56)cc4)c3)nc3c2nc2ccccn23)CC1. The van der Waals surface area contributed by atoms with Gasteiger partial charge in [-0.1, -0.05) is 127 Å². The standard InChI is InChI=1S/C46H31N5/c1-2-12-30(13-3-1)34-15-11-17-36(29-34)45-47-40-21-7-6-20-39(40)42(49-45)32-25-23-31(24-26-32)33-14-10-16-35(28-33)43-37-18-4-5-19-38(37)44-46(50-43)51-27-9-8-22-41(51)48-44/h1-3,5-17,19-29H,4,18H2. The molecule has 9 aromatic rings. The van der Waals surface area contributed by atoms with Gasteiger partial charge in [0.05, 0.1) is 16.9 Å². The molecule has 0 atom stereocenters. The first kappa shape index (κ1) is 29.2. The van der Waals surface area contributed by atoms with Crippen LogP contribution >= 0.6 is 0 Å². The Morgan fingerprint density at radius 1 is 0.490 bits per heavy atom. The molecule has 1 aliphatic rings. The lowest BCUT2D eigenvalue weighted by molar-refractivity contribution is 0.979.